The summed E-state index contributed by atoms with van der Waals surface area (Å²) < 4.78 is 13.8. The van der Waals surface area contributed by atoms with E-state index in [2.05, 4.69) is 69.9 Å². The van der Waals surface area contributed by atoms with Gasteiger partial charge in [0.2, 0.25) is 17.8 Å². The summed E-state index contributed by atoms with van der Waals surface area (Å²) in [4.78, 5) is 78.0. The Balaban J connectivity index is 0.874. The van der Waals surface area contributed by atoms with Crippen LogP contribution in [0.3, 0.4) is 0 Å². The summed E-state index contributed by atoms with van der Waals surface area (Å²) in [7, 11) is 6.21. The van der Waals surface area contributed by atoms with Crippen molar-refractivity contribution >= 4 is 46.8 Å². The lowest BCUT2D eigenvalue weighted by Gasteiger charge is -2.28. The Morgan fingerprint density at radius 1 is 0.984 bits per heavy atom. The molecule has 1 atom stereocenters. The van der Waals surface area contributed by atoms with Gasteiger partial charge in [-0.2, -0.15) is 19.6 Å². The van der Waals surface area contributed by atoms with Gasteiger partial charge in [0, 0.05) is 57.9 Å². The van der Waals surface area contributed by atoms with Gasteiger partial charge in [-0.1, -0.05) is 44.9 Å². The highest BCUT2D eigenvalue weighted by Crippen LogP contribution is 2.34. The van der Waals surface area contributed by atoms with Crippen LogP contribution >= 0.6 is 0 Å². The fourth-order valence-electron chi connectivity index (χ4n) is 8.08. The zero-order chi connectivity index (χ0) is 43.2. The zero-order valence-corrected chi connectivity index (χ0v) is 35.7. The Morgan fingerprint density at radius 2 is 1.77 bits per heavy atom. The first-order chi connectivity index (χ1) is 29.4. The number of hydrogen-bond acceptors (Lipinski definition) is 13. The van der Waals surface area contributed by atoms with Crippen LogP contribution in [0.15, 0.2) is 42.6 Å². The summed E-state index contributed by atoms with van der Waals surface area (Å²) in [6.07, 6.45) is 8.47. The van der Waals surface area contributed by atoms with Crippen LogP contribution in [-0.2, 0) is 27.3 Å². The predicted molar refractivity (Wildman–Crippen MR) is 228 cm³/mol. The van der Waals surface area contributed by atoms with Gasteiger partial charge in [0.25, 0.3) is 17.7 Å². The second kappa shape index (κ2) is 19.1. The minimum absolute atomic E-state index is 0.00806. The molecule has 1 unspecified atom stereocenters. The number of amides is 5. The van der Waals surface area contributed by atoms with E-state index >= 15 is 0 Å². The molecule has 2 saturated heterocycles. The number of imide groups is 2. The lowest BCUT2D eigenvalue weighted by atomic mass is 10.0. The quantitative estimate of drug-likeness (QED) is 0.0960. The molecule has 3 N–H and O–H groups in total. The van der Waals surface area contributed by atoms with Crippen molar-refractivity contribution in [3.63, 3.8) is 0 Å². The number of aromatic nitrogens is 4. The molecule has 2 aromatic carbocycles. The SMILES string of the molecule is CC(C)c1cnn2c(NCc3cc(CCCCCCNC(=O)COc4cccc5c4C(=O)N(C4CCC(=O)NC4=O)C5=O)ccc3N(C)C)nc(OC3CCN(C)CC3)nc12. The highest BCUT2D eigenvalue weighted by atomic mass is 16.5. The molecule has 7 rings (SSSR count). The Labute approximate surface area is 355 Å². The second-order valence-electron chi connectivity index (χ2n) is 16.6. The Hall–Kier alpha value is -6.10. The average molecular weight is 837 g/mol. The van der Waals surface area contributed by atoms with Gasteiger partial charge in [-0.3, -0.25) is 34.2 Å². The maximum absolute atomic E-state index is 13.3. The topological polar surface area (TPSA) is 193 Å². The van der Waals surface area contributed by atoms with Gasteiger partial charge in [0.15, 0.2) is 12.3 Å². The molecule has 0 saturated carbocycles. The fourth-order valence-corrected chi connectivity index (χ4v) is 8.08. The van der Waals surface area contributed by atoms with Crippen LogP contribution in [0.1, 0.15) is 109 Å². The van der Waals surface area contributed by atoms with Crippen molar-refractivity contribution in [1.29, 1.82) is 0 Å². The van der Waals surface area contributed by atoms with Crippen LogP contribution in [0.4, 0.5) is 11.6 Å². The molecular weight excluding hydrogens is 781 g/mol. The number of hydrogen-bond donors (Lipinski definition) is 3. The molecule has 3 aliphatic heterocycles. The highest BCUT2D eigenvalue weighted by molar-refractivity contribution is 6.24. The maximum atomic E-state index is 13.3. The molecule has 0 radical (unpaired) electrons. The van der Waals surface area contributed by atoms with Gasteiger partial charge in [-0.05, 0) is 80.8 Å². The maximum Gasteiger partial charge on any atom is 0.322 e. The van der Waals surface area contributed by atoms with Gasteiger partial charge < -0.3 is 29.9 Å². The van der Waals surface area contributed by atoms with Gasteiger partial charge in [0.1, 0.15) is 17.9 Å². The number of benzene rings is 2. The van der Waals surface area contributed by atoms with Crippen LogP contribution in [0.5, 0.6) is 11.8 Å². The average Bonchev–Trinajstić information content (AvgIpc) is 3.78. The number of unbranched alkanes of at least 4 members (excludes halogenated alkanes) is 3. The molecule has 61 heavy (non-hydrogen) atoms. The van der Waals surface area contributed by atoms with Crippen LogP contribution in [0, 0.1) is 0 Å². The van der Waals surface area contributed by atoms with Crippen molar-refractivity contribution in [2.45, 2.75) is 96.2 Å². The number of likely N-dealkylation sites (tertiary alicyclic amines) is 1. The van der Waals surface area contributed by atoms with E-state index in [4.69, 9.17) is 19.4 Å². The summed E-state index contributed by atoms with van der Waals surface area (Å²) >= 11 is 0. The molecule has 3 aliphatic rings. The largest absolute Gasteiger partial charge is 0.483 e. The smallest absolute Gasteiger partial charge is 0.322 e. The standard InChI is InChI=1S/C44H56N10O7/c1-27(2)32-25-47-54-39(32)49-44(61-30-18-21-52(5)22-19-30)50-43(54)46-24-29-23-28(14-15-33(29)51(3)4)11-8-6-7-9-20-45-37(56)26-60-35-13-10-12-31-38(35)42(59)53(41(31)58)34-16-17-36(55)48-40(34)57/h10,12-15,23,25,27,30,34H,6-9,11,16-22,24,26H2,1-5H3,(H,45,56)(H,46,49,50)(H,48,55,57). The van der Waals surface area contributed by atoms with Gasteiger partial charge in [-0.25, -0.2) is 0 Å². The summed E-state index contributed by atoms with van der Waals surface area (Å²) in [6, 6.07) is 10.4. The Morgan fingerprint density at radius 3 is 2.52 bits per heavy atom. The molecule has 2 aromatic heterocycles. The zero-order valence-electron chi connectivity index (χ0n) is 35.7. The van der Waals surface area contributed by atoms with E-state index in [-0.39, 0.29) is 54.3 Å². The number of fused-ring (bicyclic) bond motifs is 2. The highest BCUT2D eigenvalue weighted by Gasteiger charge is 2.46. The van der Waals surface area contributed by atoms with Crippen molar-refractivity contribution in [3.05, 3.63) is 70.4 Å². The number of nitrogens with one attached hydrogen (secondary N) is 3. The van der Waals surface area contributed by atoms with E-state index in [9.17, 15) is 24.0 Å². The van der Waals surface area contributed by atoms with E-state index in [0.717, 1.165) is 85.4 Å². The Kier molecular flexibility index (Phi) is 13.5. The van der Waals surface area contributed by atoms with Gasteiger partial charge >= 0.3 is 6.01 Å². The number of carbonyl (C=O) groups excluding carboxylic acids is 5. The third kappa shape index (κ3) is 9.93. The second-order valence-corrected chi connectivity index (χ2v) is 16.6. The predicted octanol–water partition coefficient (Wildman–Crippen LogP) is 4.10. The number of rotatable bonds is 18. The molecule has 17 heteroatoms. The van der Waals surface area contributed by atoms with E-state index in [1.165, 1.54) is 17.7 Å². The third-order valence-electron chi connectivity index (χ3n) is 11.5. The summed E-state index contributed by atoms with van der Waals surface area (Å²) in [5.74, 6) is -1.90. The van der Waals surface area contributed by atoms with Crippen molar-refractivity contribution in [2.24, 2.45) is 0 Å². The van der Waals surface area contributed by atoms with Crippen molar-refractivity contribution in [2.75, 3.05) is 57.6 Å². The van der Waals surface area contributed by atoms with E-state index < -0.39 is 29.7 Å². The Bertz CT molecular complexity index is 2280. The summed E-state index contributed by atoms with van der Waals surface area (Å²) in [5, 5.41) is 13.3. The molecule has 4 aromatic rings. The van der Waals surface area contributed by atoms with Gasteiger partial charge in [-0.15, -0.1) is 0 Å². The number of aryl methyl sites for hydroxylation is 1. The molecule has 5 amide bonds. The summed E-state index contributed by atoms with van der Waals surface area (Å²) in [5.41, 5.74) is 5.37. The number of anilines is 2. The van der Waals surface area contributed by atoms with E-state index in [1.54, 1.807) is 10.6 Å². The number of nitrogens with zero attached hydrogens (tertiary/aromatic N) is 7. The molecule has 17 nitrogen and oxygen atoms in total. The number of piperidine rings is 2. The van der Waals surface area contributed by atoms with Crippen molar-refractivity contribution < 1.29 is 33.4 Å². The lowest BCUT2D eigenvalue weighted by Crippen LogP contribution is -2.54. The first kappa shape index (κ1) is 43.0. The minimum Gasteiger partial charge on any atom is -0.483 e. The third-order valence-corrected chi connectivity index (χ3v) is 11.5. The summed E-state index contributed by atoms with van der Waals surface area (Å²) in [6.45, 7) is 6.88. The van der Waals surface area contributed by atoms with Crippen molar-refractivity contribution in [1.82, 2.24) is 40.0 Å². The van der Waals surface area contributed by atoms with Crippen LogP contribution in [-0.4, -0.2) is 118 Å². The molecule has 0 spiro atoms. The molecular formula is C44H56N10O7. The first-order valence-corrected chi connectivity index (χ1v) is 21.3. The van der Waals surface area contributed by atoms with Crippen molar-refractivity contribution in [3.8, 4) is 11.8 Å². The number of carbonyl (C=O) groups is 5. The van der Waals surface area contributed by atoms with Crippen LogP contribution in [0.25, 0.3) is 5.65 Å². The monoisotopic (exact) mass is 836 g/mol. The van der Waals surface area contributed by atoms with Crippen LogP contribution < -0.4 is 30.3 Å². The van der Waals surface area contributed by atoms with Crippen LogP contribution in [0.2, 0.25) is 0 Å². The molecule has 0 aliphatic carbocycles. The molecule has 324 valence electrons. The molecule has 2 fully saturated rings. The molecule has 0 bridgehead atoms. The molecule has 5 heterocycles. The lowest BCUT2D eigenvalue weighted by molar-refractivity contribution is -0.136. The number of ether oxygens (including phenoxy) is 2. The van der Waals surface area contributed by atoms with E-state index in [1.807, 2.05) is 20.3 Å². The normalized spacial score (nSPS) is 17.2. The van der Waals surface area contributed by atoms with Gasteiger partial charge in [0.05, 0.1) is 17.3 Å². The minimum atomic E-state index is -1.09. The first-order valence-electron chi connectivity index (χ1n) is 21.3. The van der Waals surface area contributed by atoms with E-state index in [0.29, 0.717) is 25.0 Å². The fraction of sp³-hybridized carbons (Fsp3) is 0.500.